The number of aliphatic hydroxyl groups is 2. The van der Waals surface area contributed by atoms with Crippen LogP contribution in [0.4, 0.5) is 22.7 Å². The minimum atomic E-state index is -0.669. The molecule has 0 heterocycles. The summed E-state index contributed by atoms with van der Waals surface area (Å²) in [7, 11) is 0. The van der Waals surface area contributed by atoms with Crippen molar-refractivity contribution in [1.29, 1.82) is 0 Å². The van der Waals surface area contributed by atoms with Gasteiger partial charge in [-0.3, -0.25) is 9.59 Å². The van der Waals surface area contributed by atoms with Crippen molar-refractivity contribution in [2.75, 3.05) is 10.6 Å². The molecule has 2 amide bonds. The lowest BCUT2D eigenvalue weighted by Crippen LogP contribution is -2.15. The Balaban J connectivity index is 1.57. The third kappa shape index (κ3) is 9.28. The molecule has 0 aliphatic heterocycles. The molecule has 0 saturated heterocycles. The summed E-state index contributed by atoms with van der Waals surface area (Å²) < 4.78 is 0. The van der Waals surface area contributed by atoms with Crippen LogP contribution in [0.1, 0.15) is 36.1 Å². The summed E-state index contributed by atoms with van der Waals surface area (Å²) in [6.07, 6.45) is 0. The summed E-state index contributed by atoms with van der Waals surface area (Å²) in [6, 6.07) is 16.9. The Kier molecular flexibility index (Phi) is 12.4. The first kappa shape index (κ1) is 38.1. The first-order valence-corrected chi connectivity index (χ1v) is 16.5. The lowest BCUT2D eigenvalue weighted by molar-refractivity contribution is -0.113. The number of azo groups is 2. The molecular weight excluding hydrogens is 722 g/mol. The van der Waals surface area contributed by atoms with Crippen molar-refractivity contribution in [2.24, 2.45) is 20.5 Å². The number of amides is 2. The topological polar surface area (TPSA) is 148 Å². The first-order valence-electron chi connectivity index (χ1n) is 14.9. The van der Waals surface area contributed by atoms with E-state index in [0.717, 1.165) is 22.3 Å². The smallest absolute Gasteiger partial charge is 0.279 e. The van der Waals surface area contributed by atoms with Crippen LogP contribution < -0.4 is 10.6 Å². The number of hydrogen-bond donors (Lipinski definition) is 4. The molecule has 0 unspecified atom stereocenters. The molecule has 4 N–H and O–H groups in total. The van der Waals surface area contributed by atoms with E-state index in [1.165, 1.54) is 38.1 Å². The van der Waals surface area contributed by atoms with Crippen molar-refractivity contribution < 1.29 is 19.8 Å². The zero-order valence-electron chi connectivity index (χ0n) is 27.8. The fraction of sp³-hybridized carbons (Fsp3) is 0.167. The molecule has 0 aliphatic carbocycles. The van der Waals surface area contributed by atoms with Gasteiger partial charge in [0.1, 0.15) is 22.9 Å². The second-order valence-electron chi connectivity index (χ2n) is 11.4. The highest BCUT2D eigenvalue weighted by molar-refractivity contribution is 6.40. The monoisotopic (exact) mass is 752 g/mol. The highest BCUT2D eigenvalue weighted by atomic mass is 35.5. The average molecular weight is 755 g/mol. The third-order valence-corrected chi connectivity index (χ3v) is 8.49. The van der Waals surface area contributed by atoms with Crippen LogP contribution in [0, 0.1) is 27.7 Å². The summed E-state index contributed by atoms with van der Waals surface area (Å²) in [6.45, 7) is 10.2. The van der Waals surface area contributed by atoms with Crippen LogP contribution in [0.3, 0.4) is 0 Å². The predicted octanol–water partition coefficient (Wildman–Crippen LogP) is 12.2. The molecular formula is C36H32Cl4N6O4. The molecule has 0 atom stereocenters. The van der Waals surface area contributed by atoms with Crippen LogP contribution in [0.2, 0.25) is 20.1 Å². The van der Waals surface area contributed by atoms with Gasteiger partial charge in [0.2, 0.25) is 0 Å². The number of aliphatic hydroxyl groups excluding tert-OH is 2. The van der Waals surface area contributed by atoms with E-state index in [1.54, 1.807) is 12.1 Å². The van der Waals surface area contributed by atoms with E-state index < -0.39 is 11.8 Å². The molecule has 0 aromatic heterocycles. The summed E-state index contributed by atoms with van der Waals surface area (Å²) >= 11 is 26.3. The highest BCUT2D eigenvalue weighted by Crippen LogP contribution is 2.43. The number of hydrogen-bond acceptors (Lipinski definition) is 8. The molecule has 4 aromatic carbocycles. The molecule has 4 aromatic rings. The van der Waals surface area contributed by atoms with Gasteiger partial charge in [0.05, 0.1) is 20.1 Å². The van der Waals surface area contributed by atoms with E-state index in [-0.39, 0.29) is 54.4 Å². The second-order valence-corrected chi connectivity index (χ2v) is 13.0. The Morgan fingerprint density at radius 2 is 0.920 bits per heavy atom. The van der Waals surface area contributed by atoms with Crippen molar-refractivity contribution in [3.8, 4) is 11.1 Å². The Morgan fingerprint density at radius 1 is 0.560 bits per heavy atom. The van der Waals surface area contributed by atoms with Crippen LogP contribution in [0.15, 0.2) is 104 Å². The Bertz CT molecular complexity index is 1980. The van der Waals surface area contributed by atoms with Gasteiger partial charge in [-0.1, -0.05) is 81.8 Å². The maximum Gasteiger partial charge on any atom is 0.279 e. The van der Waals surface area contributed by atoms with Gasteiger partial charge in [0.25, 0.3) is 11.8 Å². The van der Waals surface area contributed by atoms with Crippen molar-refractivity contribution in [3.63, 3.8) is 0 Å². The Hall–Kier alpha value is -4.74. The maximum atomic E-state index is 12.9. The number of aryl methyl sites for hydroxylation is 4. The van der Waals surface area contributed by atoms with Crippen LogP contribution in [0.5, 0.6) is 0 Å². The van der Waals surface area contributed by atoms with E-state index in [2.05, 4.69) is 31.1 Å². The number of allylic oxidation sites excluding steroid dienone is 2. The fourth-order valence-corrected chi connectivity index (χ4v) is 5.60. The Morgan fingerprint density at radius 3 is 1.24 bits per heavy atom. The van der Waals surface area contributed by atoms with Gasteiger partial charge >= 0.3 is 0 Å². The van der Waals surface area contributed by atoms with Gasteiger partial charge in [-0.05, 0) is 89.1 Å². The normalized spacial score (nSPS) is 12.6. The van der Waals surface area contributed by atoms with Crippen molar-refractivity contribution in [3.05, 3.63) is 126 Å². The molecule has 50 heavy (non-hydrogen) atoms. The van der Waals surface area contributed by atoms with Crippen LogP contribution >= 0.6 is 46.4 Å². The molecule has 0 fully saturated rings. The first-order chi connectivity index (χ1) is 23.5. The summed E-state index contributed by atoms with van der Waals surface area (Å²) in [4.78, 5) is 25.9. The van der Waals surface area contributed by atoms with Crippen LogP contribution in [-0.4, -0.2) is 22.0 Å². The number of halogens is 4. The molecule has 0 aliphatic rings. The molecule has 0 spiro atoms. The minimum absolute atomic E-state index is 0.108. The second kappa shape index (κ2) is 16.3. The number of nitrogens with zero attached hydrogens (tertiary/aromatic N) is 4. The Labute approximate surface area is 309 Å². The summed E-state index contributed by atoms with van der Waals surface area (Å²) in [5.74, 6) is -2.05. The van der Waals surface area contributed by atoms with Gasteiger partial charge in [-0.2, -0.15) is 0 Å². The van der Waals surface area contributed by atoms with E-state index in [1.807, 2.05) is 52.0 Å². The number of carbonyl (C=O) groups excluding carboxylic acids is 2. The van der Waals surface area contributed by atoms with E-state index >= 15 is 0 Å². The zero-order valence-corrected chi connectivity index (χ0v) is 30.8. The molecule has 10 nitrogen and oxygen atoms in total. The number of carbonyl (C=O) groups is 2. The SMILES string of the molecule is C/C(O)=C(/N=Nc1cc(Cl)c(-c2cc(Cl)c(N=N/C(C(=O)Nc3ccc(C)cc3C)=C(/C)O)cc2Cl)cc1Cl)C(=O)Nc1ccc(C)cc1C. The van der Waals surface area contributed by atoms with Crippen LogP contribution in [-0.2, 0) is 9.59 Å². The lowest BCUT2D eigenvalue weighted by Gasteiger charge is -2.12. The molecule has 4 rings (SSSR count). The largest absolute Gasteiger partial charge is 0.510 e. The van der Waals surface area contributed by atoms with Crippen molar-refractivity contribution >= 4 is 81.0 Å². The molecule has 0 bridgehead atoms. The van der Waals surface area contributed by atoms with E-state index in [0.29, 0.717) is 22.5 Å². The summed E-state index contributed by atoms with van der Waals surface area (Å²) in [5.41, 5.74) is 5.23. The zero-order chi connectivity index (χ0) is 36.9. The van der Waals surface area contributed by atoms with Crippen molar-refractivity contribution in [2.45, 2.75) is 41.5 Å². The predicted molar refractivity (Wildman–Crippen MR) is 201 cm³/mol. The fourth-order valence-electron chi connectivity index (χ4n) is 4.68. The van der Waals surface area contributed by atoms with Crippen molar-refractivity contribution in [1.82, 2.24) is 0 Å². The minimum Gasteiger partial charge on any atom is -0.510 e. The molecule has 14 heteroatoms. The van der Waals surface area contributed by atoms with Crippen LogP contribution in [0.25, 0.3) is 11.1 Å². The molecule has 258 valence electrons. The van der Waals surface area contributed by atoms with E-state index in [4.69, 9.17) is 46.4 Å². The van der Waals surface area contributed by atoms with Gasteiger partial charge in [0, 0.05) is 22.5 Å². The summed E-state index contributed by atoms with van der Waals surface area (Å²) in [5, 5.41) is 42.4. The molecule has 0 saturated carbocycles. The standard InChI is InChI=1S/C36H32Cl4N6O4/c1-17-7-9-29(19(3)11-17)41-35(49)33(21(5)47)45-43-31-15-25(37)23(13-27(31)39)24-14-28(40)32(16-26(24)38)44-46-34(22(6)48)36(50)42-30-10-8-18(2)12-20(30)4/h7-16,47-48H,1-6H3,(H,41,49)(H,42,50)/b33-21-,34-22-,45-43?,46-44?. The maximum absolute atomic E-state index is 12.9. The number of anilines is 2. The lowest BCUT2D eigenvalue weighted by atomic mass is 10.0. The van der Waals surface area contributed by atoms with Gasteiger partial charge in [0.15, 0.2) is 11.4 Å². The van der Waals surface area contributed by atoms with Gasteiger partial charge in [-0.25, -0.2) is 0 Å². The van der Waals surface area contributed by atoms with Gasteiger partial charge in [-0.15, -0.1) is 20.5 Å². The number of benzene rings is 4. The highest BCUT2D eigenvalue weighted by Gasteiger charge is 2.19. The average Bonchev–Trinajstić information content (AvgIpc) is 3.02. The van der Waals surface area contributed by atoms with Gasteiger partial charge < -0.3 is 20.8 Å². The number of rotatable bonds is 9. The quantitative estimate of drug-likeness (QED) is 0.0764. The molecule has 0 radical (unpaired) electrons. The number of nitrogens with one attached hydrogen (secondary N) is 2. The third-order valence-electron chi connectivity index (χ3n) is 7.25. The van der Waals surface area contributed by atoms with E-state index in [9.17, 15) is 19.8 Å².